The van der Waals surface area contributed by atoms with Gasteiger partial charge in [0.2, 0.25) is 0 Å². The van der Waals surface area contributed by atoms with Gasteiger partial charge in [0.05, 0.1) is 19.8 Å². The SMILES string of the molecule is Br.COCCOCCn1cc(C(C)(C)C)sc1=N. The molecule has 1 rings (SSSR count). The summed E-state index contributed by atoms with van der Waals surface area (Å²) in [6.45, 7) is 9.08. The fourth-order valence-corrected chi connectivity index (χ4v) is 2.27. The van der Waals surface area contributed by atoms with Crippen LogP contribution in [0.15, 0.2) is 6.20 Å². The van der Waals surface area contributed by atoms with Gasteiger partial charge in [-0.15, -0.1) is 28.3 Å². The number of ether oxygens (including phenoxy) is 2. The molecule has 4 nitrogen and oxygen atoms in total. The summed E-state index contributed by atoms with van der Waals surface area (Å²) in [5.74, 6) is 0. The number of nitrogens with one attached hydrogen (secondary N) is 1. The van der Waals surface area contributed by atoms with Crippen molar-refractivity contribution in [2.45, 2.75) is 32.7 Å². The van der Waals surface area contributed by atoms with E-state index in [-0.39, 0.29) is 22.4 Å². The quantitative estimate of drug-likeness (QED) is 0.810. The molecule has 6 heteroatoms. The molecule has 0 aliphatic heterocycles. The Morgan fingerprint density at radius 3 is 2.44 bits per heavy atom. The topological polar surface area (TPSA) is 47.2 Å². The maximum absolute atomic E-state index is 7.89. The summed E-state index contributed by atoms with van der Waals surface area (Å²) in [7, 11) is 1.66. The van der Waals surface area contributed by atoms with Gasteiger partial charge in [-0.3, -0.25) is 5.41 Å². The molecule has 0 fully saturated rings. The second-order valence-corrected chi connectivity index (χ2v) is 5.98. The van der Waals surface area contributed by atoms with Gasteiger partial charge >= 0.3 is 0 Å². The lowest BCUT2D eigenvalue weighted by Crippen LogP contribution is -2.16. The number of hydrogen-bond acceptors (Lipinski definition) is 4. The van der Waals surface area contributed by atoms with Crippen LogP contribution < -0.4 is 4.80 Å². The smallest absolute Gasteiger partial charge is 0.182 e. The standard InChI is InChI=1S/C12H22N2O2S.BrH/c1-12(2,3)10-9-14(11(13)17-10)5-6-16-8-7-15-4;/h9,13H,5-8H2,1-4H3;1H. The highest BCUT2D eigenvalue weighted by molar-refractivity contribution is 8.93. The van der Waals surface area contributed by atoms with Crippen LogP contribution in [0.25, 0.3) is 0 Å². The lowest BCUT2D eigenvalue weighted by molar-refractivity contribution is 0.0663. The van der Waals surface area contributed by atoms with E-state index in [1.165, 1.54) is 16.2 Å². The Kier molecular flexibility index (Phi) is 8.02. The van der Waals surface area contributed by atoms with Crippen molar-refractivity contribution in [1.29, 1.82) is 5.41 Å². The minimum atomic E-state index is 0. The van der Waals surface area contributed by atoms with Crippen LogP contribution in [0, 0.1) is 5.41 Å². The number of aromatic nitrogens is 1. The van der Waals surface area contributed by atoms with E-state index in [0.717, 1.165) is 6.54 Å². The second kappa shape index (κ2) is 8.09. The fraction of sp³-hybridized carbons (Fsp3) is 0.750. The minimum Gasteiger partial charge on any atom is -0.382 e. The summed E-state index contributed by atoms with van der Waals surface area (Å²) in [5.41, 5.74) is 0.114. The number of hydrogen-bond donors (Lipinski definition) is 1. The normalized spacial score (nSPS) is 11.3. The Balaban J connectivity index is 0.00000289. The van der Waals surface area contributed by atoms with Crippen molar-refractivity contribution in [3.63, 3.8) is 0 Å². The first-order valence-electron chi connectivity index (χ1n) is 5.77. The van der Waals surface area contributed by atoms with Crippen molar-refractivity contribution in [2.24, 2.45) is 0 Å². The average Bonchev–Trinajstić information content (AvgIpc) is 2.60. The van der Waals surface area contributed by atoms with Gasteiger partial charge in [-0.2, -0.15) is 0 Å². The summed E-state index contributed by atoms with van der Waals surface area (Å²) in [5, 5.41) is 7.89. The molecule has 0 aliphatic carbocycles. The highest BCUT2D eigenvalue weighted by atomic mass is 79.9. The van der Waals surface area contributed by atoms with E-state index >= 15 is 0 Å². The van der Waals surface area contributed by atoms with Crippen LogP contribution in [-0.4, -0.2) is 31.5 Å². The van der Waals surface area contributed by atoms with Crippen molar-refractivity contribution in [1.82, 2.24) is 4.57 Å². The first-order valence-corrected chi connectivity index (χ1v) is 6.59. The molecular weight excluding hydrogens is 316 g/mol. The molecule has 0 aromatic carbocycles. The lowest BCUT2D eigenvalue weighted by atomic mass is 9.95. The Hall–Kier alpha value is -0.170. The van der Waals surface area contributed by atoms with E-state index in [9.17, 15) is 0 Å². The van der Waals surface area contributed by atoms with Crippen molar-refractivity contribution in [3.05, 3.63) is 15.9 Å². The summed E-state index contributed by atoms with van der Waals surface area (Å²) in [4.78, 5) is 1.82. The minimum absolute atomic E-state index is 0. The van der Waals surface area contributed by atoms with Crippen LogP contribution in [0.1, 0.15) is 25.6 Å². The Morgan fingerprint density at radius 2 is 1.94 bits per heavy atom. The zero-order valence-electron chi connectivity index (χ0n) is 11.5. The molecule has 0 spiro atoms. The van der Waals surface area contributed by atoms with Gasteiger partial charge in [0.15, 0.2) is 4.80 Å². The number of halogens is 1. The molecule has 1 aromatic rings. The van der Waals surface area contributed by atoms with Crippen molar-refractivity contribution in [3.8, 4) is 0 Å². The van der Waals surface area contributed by atoms with E-state index in [0.29, 0.717) is 24.6 Å². The van der Waals surface area contributed by atoms with Gasteiger partial charge in [0.1, 0.15) is 0 Å². The molecule has 0 atom stereocenters. The molecule has 0 aliphatic rings. The van der Waals surface area contributed by atoms with Crippen LogP contribution in [0.2, 0.25) is 0 Å². The predicted molar refractivity (Wildman–Crippen MR) is 79.9 cm³/mol. The van der Waals surface area contributed by atoms with Gasteiger partial charge in [-0.05, 0) is 5.41 Å². The van der Waals surface area contributed by atoms with Crippen LogP contribution in [0.5, 0.6) is 0 Å². The highest BCUT2D eigenvalue weighted by Crippen LogP contribution is 2.23. The molecular formula is C12H23BrN2O2S. The van der Waals surface area contributed by atoms with Crippen LogP contribution in [0.3, 0.4) is 0 Å². The first kappa shape index (κ1) is 17.8. The van der Waals surface area contributed by atoms with Crippen molar-refractivity contribution < 1.29 is 9.47 Å². The van der Waals surface area contributed by atoms with Gasteiger partial charge in [-0.25, -0.2) is 0 Å². The molecule has 0 saturated carbocycles. The largest absolute Gasteiger partial charge is 0.382 e. The Labute approximate surface area is 123 Å². The zero-order chi connectivity index (χ0) is 12.9. The molecule has 0 radical (unpaired) electrons. The monoisotopic (exact) mass is 338 g/mol. The number of methoxy groups -OCH3 is 1. The van der Waals surface area contributed by atoms with E-state index in [1.807, 2.05) is 4.57 Å². The molecule has 1 heterocycles. The fourth-order valence-electron chi connectivity index (χ4n) is 1.31. The third-order valence-electron chi connectivity index (χ3n) is 2.39. The van der Waals surface area contributed by atoms with E-state index in [1.54, 1.807) is 7.11 Å². The molecule has 0 bridgehead atoms. The number of thiazole rings is 1. The molecule has 18 heavy (non-hydrogen) atoms. The third kappa shape index (κ3) is 5.65. The number of rotatable bonds is 6. The predicted octanol–water partition coefficient (Wildman–Crippen LogP) is 2.57. The average molecular weight is 339 g/mol. The van der Waals surface area contributed by atoms with E-state index in [2.05, 4.69) is 27.0 Å². The summed E-state index contributed by atoms with van der Waals surface area (Å²) < 4.78 is 12.2. The van der Waals surface area contributed by atoms with Crippen LogP contribution in [-0.2, 0) is 21.4 Å². The summed E-state index contributed by atoms with van der Waals surface area (Å²) >= 11 is 1.54. The lowest BCUT2D eigenvalue weighted by Gasteiger charge is -2.14. The highest BCUT2D eigenvalue weighted by Gasteiger charge is 2.16. The van der Waals surface area contributed by atoms with Gasteiger partial charge in [0, 0.05) is 24.7 Å². The van der Waals surface area contributed by atoms with Crippen molar-refractivity contribution in [2.75, 3.05) is 26.9 Å². The molecule has 106 valence electrons. The first-order chi connectivity index (χ1) is 7.95. The maximum Gasteiger partial charge on any atom is 0.182 e. The van der Waals surface area contributed by atoms with E-state index in [4.69, 9.17) is 14.9 Å². The van der Waals surface area contributed by atoms with Crippen LogP contribution >= 0.6 is 28.3 Å². The summed E-state index contributed by atoms with van der Waals surface area (Å²) in [6, 6.07) is 0. The molecule has 1 aromatic heterocycles. The maximum atomic E-state index is 7.89. The summed E-state index contributed by atoms with van der Waals surface area (Å²) in [6.07, 6.45) is 2.06. The Morgan fingerprint density at radius 1 is 1.28 bits per heavy atom. The van der Waals surface area contributed by atoms with E-state index < -0.39 is 0 Å². The Bertz CT molecular complexity index is 396. The van der Waals surface area contributed by atoms with Gasteiger partial charge in [-0.1, -0.05) is 20.8 Å². The molecule has 0 unspecified atom stereocenters. The third-order valence-corrected chi connectivity index (χ3v) is 3.75. The molecule has 0 amide bonds. The number of nitrogens with zero attached hydrogens (tertiary/aromatic N) is 1. The second-order valence-electron chi connectivity index (χ2n) is 4.95. The van der Waals surface area contributed by atoms with Crippen LogP contribution in [0.4, 0.5) is 0 Å². The van der Waals surface area contributed by atoms with Gasteiger partial charge in [0.25, 0.3) is 0 Å². The molecule has 0 saturated heterocycles. The van der Waals surface area contributed by atoms with Crippen molar-refractivity contribution >= 4 is 28.3 Å². The zero-order valence-corrected chi connectivity index (χ0v) is 14.0. The molecule has 1 N–H and O–H groups in total. The van der Waals surface area contributed by atoms with Gasteiger partial charge < -0.3 is 14.0 Å².